The van der Waals surface area contributed by atoms with Gasteiger partial charge in [-0.3, -0.25) is 14.4 Å². The number of carbonyl (C=O) groups excluding carboxylic acids is 2. The minimum absolute atomic E-state index is 0.113. The van der Waals surface area contributed by atoms with Crippen LogP contribution in [0.15, 0.2) is 58.2 Å². The van der Waals surface area contributed by atoms with Crippen LogP contribution in [0.2, 0.25) is 0 Å². The van der Waals surface area contributed by atoms with Crippen LogP contribution in [0.4, 0.5) is 0 Å². The van der Waals surface area contributed by atoms with Crippen molar-refractivity contribution in [2.75, 3.05) is 19.7 Å². The van der Waals surface area contributed by atoms with Crippen LogP contribution in [-0.4, -0.2) is 59.2 Å². The second-order valence-electron chi connectivity index (χ2n) is 7.29. The highest BCUT2D eigenvalue weighted by molar-refractivity contribution is 7.89. The second kappa shape index (κ2) is 8.97. The van der Waals surface area contributed by atoms with E-state index in [2.05, 4.69) is 10.3 Å². The predicted molar refractivity (Wildman–Crippen MR) is 114 cm³/mol. The SMILES string of the molecule is O=C(Cn1nnc2ccccc2c1=O)OCC(=O)c1ccc(S(=O)(=O)N2CCCC2)cc1. The third-order valence-corrected chi connectivity index (χ3v) is 7.06. The van der Waals surface area contributed by atoms with Crippen molar-refractivity contribution in [1.82, 2.24) is 19.3 Å². The maximum Gasteiger partial charge on any atom is 0.328 e. The molecule has 0 atom stereocenters. The van der Waals surface area contributed by atoms with Gasteiger partial charge in [-0.1, -0.05) is 17.3 Å². The molecule has 0 unspecified atom stereocenters. The highest BCUT2D eigenvalue weighted by Gasteiger charge is 2.27. The number of rotatable bonds is 7. The monoisotopic (exact) mass is 456 g/mol. The summed E-state index contributed by atoms with van der Waals surface area (Å²) in [5, 5.41) is 7.90. The van der Waals surface area contributed by atoms with Gasteiger partial charge >= 0.3 is 5.97 Å². The minimum Gasteiger partial charge on any atom is -0.456 e. The third kappa shape index (κ3) is 4.43. The molecule has 4 rings (SSSR count). The molecule has 3 aromatic rings. The van der Waals surface area contributed by atoms with Gasteiger partial charge in [-0.05, 0) is 49.2 Å². The van der Waals surface area contributed by atoms with E-state index in [9.17, 15) is 22.8 Å². The molecule has 0 bridgehead atoms. The van der Waals surface area contributed by atoms with Crippen molar-refractivity contribution in [3.05, 3.63) is 64.4 Å². The molecule has 0 saturated carbocycles. The van der Waals surface area contributed by atoms with E-state index in [1.807, 2.05) is 0 Å². The summed E-state index contributed by atoms with van der Waals surface area (Å²) in [5.74, 6) is -1.32. The summed E-state index contributed by atoms with van der Waals surface area (Å²) in [7, 11) is -3.57. The van der Waals surface area contributed by atoms with E-state index >= 15 is 0 Å². The lowest BCUT2D eigenvalue weighted by molar-refractivity contribution is -0.143. The Morgan fingerprint density at radius 1 is 1.00 bits per heavy atom. The molecule has 1 saturated heterocycles. The van der Waals surface area contributed by atoms with Gasteiger partial charge in [0, 0.05) is 18.7 Å². The Balaban J connectivity index is 1.37. The summed E-state index contributed by atoms with van der Waals surface area (Å²) < 4.78 is 32.3. The van der Waals surface area contributed by atoms with Gasteiger partial charge in [-0.15, -0.1) is 5.10 Å². The van der Waals surface area contributed by atoms with Gasteiger partial charge in [-0.25, -0.2) is 8.42 Å². The summed E-state index contributed by atoms with van der Waals surface area (Å²) in [6.45, 7) is -0.0585. The zero-order chi connectivity index (χ0) is 22.7. The number of aromatic nitrogens is 3. The summed E-state index contributed by atoms with van der Waals surface area (Å²) in [6.07, 6.45) is 1.66. The van der Waals surface area contributed by atoms with E-state index < -0.39 is 40.5 Å². The Morgan fingerprint density at radius 2 is 1.69 bits per heavy atom. The number of hydrogen-bond donors (Lipinski definition) is 0. The highest BCUT2D eigenvalue weighted by Crippen LogP contribution is 2.21. The third-order valence-electron chi connectivity index (χ3n) is 5.15. The summed E-state index contributed by atoms with van der Waals surface area (Å²) in [6, 6.07) is 12.1. The molecule has 2 aromatic carbocycles. The molecular formula is C21H20N4O6S. The van der Waals surface area contributed by atoms with E-state index in [0.29, 0.717) is 24.0 Å². The Hall–Kier alpha value is -3.44. The number of ketones is 1. The maximum absolute atomic E-state index is 12.5. The molecule has 0 aliphatic carbocycles. The van der Waals surface area contributed by atoms with E-state index in [0.717, 1.165) is 17.5 Å². The fourth-order valence-corrected chi connectivity index (χ4v) is 4.93. The van der Waals surface area contributed by atoms with Gasteiger partial charge in [0.25, 0.3) is 5.56 Å². The van der Waals surface area contributed by atoms with Crippen LogP contribution in [0.25, 0.3) is 10.9 Å². The van der Waals surface area contributed by atoms with Crippen LogP contribution < -0.4 is 5.56 Å². The first-order valence-corrected chi connectivity index (χ1v) is 11.4. The molecule has 11 heteroatoms. The van der Waals surface area contributed by atoms with E-state index in [-0.39, 0.29) is 10.5 Å². The molecule has 1 fully saturated rings. The minimum atomic E-state index is -3.57. The molecule has 1 aromatic heterocycles. The van der Waals surface area contributed by atoms with Crippen molar-refractivity contribution in [2.45, 2.75) is 24.3 Å². The van der Waals surface area contributed by atoms with Crippen molar-refractivity contribution in [2.24, 2.45) is 0 Å². The summed E-state index contributed by atoms with van der Waals surface area (Å²) >= 11 is 0. The molecule has 32 heavy (non-hydrogen) atoms. The van der Waals surface area contributed by atoms with Crippen molar-refractivity contribution in [1.29, 1.82) is 0 Å². The van der Waals surface area contributed by atoms with Gasteiger partial charge in [-0.2, -0.15) is 8.99 Å². The molecule has 166 valence electrons. The van der Waals surface area contributed by atoms with Crippen LogP contribution in [0, 0.1) is 0 Å². The molecule has 1 aliphatic rings. The smallest absolute Gasteiger partial charge is 0.328 e. The molecule has 0 radical (unpaired) electrons. The largest absolute Gasteiger partial charge is 0.456 e. The Morgan fingerprint density at radius 3 is 2.41 bits per heavy atom. The molecule has 0 N–H and O–H groups in total. The normalized spacial score (nSPS) is 14.5. The van der Waals surface area contributed by atoms with Crippen LogP contribution in [0.1, 0.15) is 23.2 Å². The standard InChI is InChI=1S/C21H20N4O6S/c26-19(15-7-9-16(10-8-15)32(29,30)24-11-3-4-12-24)14-31-20(27)13-25-21(28)17-5-1-2-6-18(17)22-23-25/h1-2,5-10H,3-4,11-14H2. The number of fused-ring (bicyclic) bond motifs is 1. The maximum atomic E-state index is 12.5. The molecule has 0 spiro atoms. The van der Waals surface area contributed by atoms with Crippen molar-refractivity contribution in [3.63, 3.8) is 0 Å². The topological polar surface area (TPSA) is 129 Å². The quantitative estimate of drug-likeness (QED) is 0.380. The fraction of sp³-hybridized carbons (Fsp3) is 0.286. The van der Waals surface area contributed by atoms with Crippen molar-refractivity contribution < 1.29 is 22.7 Å². The lowest BCUT2D eigenvalue weighted by Crippen LogP contribution is -2.29. The number of Topliss-reactive ketones (excluding diaryl/α,β-unsaturated/α-hetero) is 1. The number of ether oxygens (including phenoxy) is 1. The number of hydrogen-bond acceptors (Lipinski definition) is 8. The number of carbonyl (C=O) groups is 2. The highest BCUT2D eigenvalue weighted by atomic mass is 32.2. The molecule has 10 nitrogen and oxygen atoms in total. The molecule has 0 amide bonds. The Labute approximate surface area is 183 Å². The van der Waals surface area contributed by atoms with Gasteiger partial charge in [0.05, 0.1) is 10.3 Å². The lowest BCUT2D eigenvalue weighted by atomic mass is 10.1. The first-order valence-electron chi connectivity index (χ1n) is 9.98. The first-order chi connectivity index (χ1) is 15.4. The van der Waals surface area contributed by atoms with Gasteiger partial charge in [0.2, 0.25) is 10.0 Å². The molecule has 2 heterocycles. The second-order valence-corrected chi connectivity index (χ2v) is 9.23. The first kappa shape index (κ1) is 21.8. The summed E-state index contributed by atoms with van der Waals surface area (Å²) in [4.78, 5) is 36.9. The van der Waals surface area contributed by atoms with E-state index in [1.54, 1.807) is 24.3 Å². The van der Waals surface area contributed by atoms with Crippen LogP contribution in [0.5, 0.6) is 0 Å². The van der Waals surface area contributed by atoms with Crippen molar-refractivity contribution >= 4 is 32.7 Å². The number of sulfonamides is 1. The summed E-state index contributed by atoms with van der Waals surface area (Å²) in [5.41, 5.74) is 0.127. The van der Waals surface area contributed by atoms with Gasteiger partial charge in [0.1, 0.15) is 12.1 Å². The van der Waals surface area contributed by atoms with Gasteiger partial charge in [0.15, 0.2) is 12.4 Å². The average molecular weight is 456 g/mol. The average Bonchev–Trinajstić information content (AvgIpc) is 3.36. The Bertz CT molecular complexity index is 1330. The van der Waals surface area contributed by atoms with Crippen LogP contribution >= 0.6 is 0 Å². The zero-order valence-electron chi connectivity index (χ0n) is 17.0. The van der Waals surface area contributed by atoms with Crippen LogP contribution in [0.3, 0.4) is 0 Å². The lowest BCUT2D eigenvalue weighted by Gasteiger charge is -2.15. The van der Waals surface area contributed by atoms with Crippen LogP contribution in [-0.2, 0) is 26.1 Å². The number of esters is 1. The van der Waals surface area contributed by atoms with Gasteiger partial charge < -0.3 is 4.74 Å². The van der Waals surface area contributed by atoms with E-state index in [1.165, 1.54) is 28.6 Å². The predicted octanol–water partition coefficient (Wildman–Crippen LogP) is 1.00. The number of benzene rings is 2. The van der Waals surface area contributed by atoms with Crippen molar-refractivity contribution in [3.8, 4) is 0 Å². The zero-order valence-corrected chi connectivity index (χ0v) is 17.8. The molecule has 1 aliphatic heterocycles. The number of nitrogens with zero attached hydrogens (tertiary/aromatic N) is 4. The Kier molecular flexibility index (Phi) is 6.10. The van der Waals surface area contributed by atoms with E-state index in [4.69, 9.17) is 4.74 Å². The molecular weight excluding hydrogens is 436 g/mol. The fourth-order valence-electron chi connectivity index (χ4n) is 3.41.